The van der Waals surface area contributed by atoms with Crippen molar-refractivity contribution in [3.8, 4) is 11.5 Å². The van der Waals surface area contributed by atoms with Crippen molar-refractivity contribution in [3.05, 3.63) is 17.7 Å². The summed E-state index contributed by atoms with van der Waals surface area (Å²) in [6.07, 6.45) is 0. The fraction of sp³-hybridized carbons (Fsp3) is 0.588. The van der Waals surface area contributed by atoms with E-state index in [1.807, 2.05) is 27.7 Å². The third kappa shape index (κ3) is 3.93. The largest absolute Gasteiger partial charge is 0.496 e. The number of methoxy groups -OCH3 is 1. The van der Waals surface area contributed by atoms with Crippen molar-refractivity contribution in [2.45, 2.75) is 52.4 Å². The fourth-order valence-corrected chi connectivity index (χ4v) is 2.55. The van der Waals surface area contributed by atoms with E-state index < -0.39 is 30.8 Å². The van der Waals surface area contributed by atoms with Crippen LogP contribution in [0.4, 0.5) is 8.78 Å². The second-order valence-electron chi connectivity index (χ2n) is 6.92. The van der Waals surface area contributed by atoms with Crippen molar-refractivity contribution in [3.63, 3.8) is 0 Å². The Morgan fingerprint density at radius 3 is 2.19 bits per heavy atom. The number of halogens is 2. The highest BCUT2D eigenvalue weighted by Gasteiger charge is 2.52. The zero-order chi connectivity index (χ0) is 19.7. The maximum atomic E-state index is 12.9. The van der Waals surface area contributed by atoms with E-state index in [-0.39, 0.29) is 17.1 Å². The summed E-state index contributed by atoms with van der Waals surface area (Å²) in [5, 5.41) is 2.56. The molecule has 0 aliphatic carbocycles. The number of benzene rings is 1. The van der Waals surface area contributed by atoms with Crippen LogP contribution in [-0.2, 0) is 9.31 Å². The molecular formula is C17H24BF2NO5. The molecule has 1 aromatic carbocycles. The summed E-state index contributed by atoms with van der Waals surface area (Å²) in [4.78, 5) is 12.3. The topological polar surface area (TPSA) is 66.0 Å². The number of carbonyl (C=O) groups is 1. The third-order valence-electron chi connectivity index (χ3n) is 4.61. The first-order chi connectivity index (χ1) is 12.0. The van der Waals surface area contributed by atoms with Gasteiger partial charge < -0.3 is 24.1 Å². The predicted octanol–water partition coefficient (Wildman–Crippen LogP) is 2.35. The molecule has 0 radical (unpaired) electrons. The Balaban J connectivity index is 2.51. The van der Waals surface area contributed by atoms with Crippen LogP contribution in [0.15, 0.2) is 12.1 Å². The number of hydrogen-bond donors (Lipinski definition) is 1. The fourth-order valence-electron chi connectivity index (χ4n) is 2.55. The van der Waals surface area contributed by atoms with Crippen LogP contribution >= 0.6 is 0 Å². The van der Waals surface area contributed by atoms with E-state index in [0.717, 1.165) is 0 Å². The number of amides is 1. The second-order valence-corrected chi connectivity index (χ2v) is 6.92. The van der Waals surface area contributed by atoms with Crippen molar-refractivity contribution in [1.82, 2.24) is 5.32 Å². The molecule has 0 saturated carbocycles. The number of nitrogens with one attached hydrogen (secondary N) is 1. The summed E-state index contributed by atoms with van der Waals surface area (Å²) in [5.74, 6) is -0.769. The lowest BCUT2D eigenvalue weighted by Crippen LogP contribution is -2.41. The maximum absolute atomic E-state index is 12.9. The molecule has 1 N–H and O–H groups in total. The van der Waals surface area contributed by atoms with Crippen molar-refractivity contribution >= 4 is 18.5 Å². The predicted molar refractivity (Wildman–Crippen MR) is 93.3 cm³/mol. The quantitative estimate of drug-likeness (QED) is 0.778. The van der Waals surface area contributed by atoms with E-state index in [2.05, 4.69) is 10.1 Å². The second kappa shape index (κ2) is 7.40. The Labute approximate surface area is 152 Å². The number of ether oxygens (including phenoxy) is 2. The van der Waals surface area contributed by atoms with E-state index in [1.54, 1.807) is 6.92 Å². The van der Waals surface area contributed by atoms with Gasteiger partial charge in [-0.15, -0.1) is 0 Å². The zero-order valence-electron chi connectivity index (χ0n) is 15.8. The molecule has 0 spiro atoms. The maximum Gasteiger partial charge on any atom is 0.495 e. The van der Waals surface area contributed by atoms with Gasteiger partial charge in [-0.1, -0.05) is 0 Å². The summed E-state index contributed by atoms with van der Waals surface area (Å²) in [7, 11) is 0.537. The minimum atomic E-state index is -3.10. The van der Waals surface area contributed by atoms with Gasteiger partial charge in [-0.2, -0.15) is 8.78 Å². The molecule has 0 unspecified atom stereocenters. The minimum Gasteiger partial charge on any atom is -0.496 e. The van der Waals surface area contributed by atoms with Crippen molar-refractivity contribution in [1.29, 1.82) is 0 Å². The van der Waals surface area contributed by atoms with Crippen LogP contribution in [0.2, 0.25) is 0 Å². The number of alkyl halides is 2. The average Bonchev–Trinajstić information content (AvgIpc) is 2.74. The standard InChI is InChI=1S/C17H24BF2NO5/c1-7-21-14(22)13-11(23-6)8-10(9-12(13)24-15(19)20)18-25-16(2,3)17(4,5)26-18/h8-9,15H,7H2,1-6H3,(H,21,22). The molecule has 0 bridgehead atoms. The van der Waals surface area contributed by atoms with Gasteiger partial charge in [0.25, 0.3) is 5.91 Å². The molecule has 1 aliphatic rings. The van der Waals surface area contributed by atoms with Gasteiger partial charge in [0, 0.05) is 6.54 Å². The van der Waals surface area contributed by atoms with Crippen LogP contribution in [-0.4, -0.2) is 44.5 Å². The van der Waals surface area contributed by atoms with Crippen molar-refractivity contribution in [2.75, 3.05) is 13.7 Å². The van der Waals surface area contributed by atoms with Crippen molar-refractivity contribution in [2.24, 2.45) is 0 Å². The van der Waals surface area contributed by atoms with E-state index in [9.17, 15) is 13.6 Å². The molecule has 6 nitrogen and oxygen atoms in total. The summed E-state index contributed by atoms with van der Waals surface area (Å²) in [6.45, 7) is 6.47. The molecule has 1 aromatic rings. The first-order valence-electron chi connectivity index (χ1n) is 8.33. The summed E-state index contributed by atoms with van der Waals surface area (Å²) in [6, 6.07) is 2.85. The summed E-state index contributed by atoms with van der Waals surface area (Å²) >= 11 is 0. The van der Waals surface area contributed by atoms with Gasteiger partial charge in [0.05, 0.1) is 18.3 Å². The Morgan fingerprint density at radius 1 is 1.19 bits per heavy atom. The van der Waals surface area contributed by atoms with Crippen LogP contribution in [0.3, 0.4) is 0 Å². The van der Waals surface area contributed by atoms with Gasteiger partial charge in [0.2, 0.25) is 0 Å². The molecule has 1 aliphatic heterocycles. The third-order valence-corrected chi connectivity index (χ3v) is 4.61. The van der Waals surface area contributed by atoms with Crippen LogP contribution in [0.25, 0.3) is 0 Å². The molecule has 0 aromatic heterocycles. The smallest absolute Gasteiger partial charge is 0.495 e. The lowest BCUT2D eigenvalue weighted by Gasteiger charge is -2.32. The van der Waals surface area contributed by atoms with Crippen LogP contribution in [0.5, 0.6) is 11.5 Å². The summed E-state index contributed by atoms with van der Waals surface area (Å²) < 4.78 is 47.5. The molecule has 9 heteroatoms. The normalized spacial score (nSPS) is 18.1. The average molecular weight is 371 g/mol. The van der Waals surface area contributed by atoms with Gasteiger partial charge in [-0.05, 0) is 52.2 Å². The Morgan fingerprint density at radius 2 is 1.73 bits per heavy atom. The van der Waals surface area contributed by atoms with E-state index in [0.29, 0.717) is 12.0 Å². The lowest BCUT2D eigenvalue weighted by atomic mass is 9.78. The van der Waals surface area contributed by atoms with Crippen LogP contribution in [0.1, 0.15) is 45.0 Å². The number of carbonyl (C=O) groups excluding carboxylic acids is 1. The molecule has 1 heterocycles. The number of hydrogen-bond acceptors (Lipinski definition) is 5. The van der Waals surface area contributed by atoms with Gasteiger partial charge in [0.1, 0.15) is 17.1 Å². The lowest BCUT2D eigenvalue weighted by molar-refractivity contribution is -0.0502. The van der Waals surface area contributed by atoms with Crippen molar-refractivity contribution < 1.29 is 32.4 Å². The Bertz CT molecular complexity index is 665. The van der Waals surface area contributed by atoms with Crippen LogP contribution in [0, 0.1) is 0 Å². The number of rotatable bonds is 6. The van der Waals surface area contributed by atoms with Gasteiger partial charge in [0.15, 0.2) is 0 Å². The molecule has 1 amide bonds. The molecule has 1 saturated heterocycles. The Hall–Kier alpha value is -1.87. The molecule has 26 heavy (non-hydrogen) atoms. The van der Waals surface area contributed by atoms with Crippen LogP contribution < -0.4 is 20.3 Å². The Kier molecular flexibility index (Phi) is 5.82. The van der Waals surface area contributed by atoms with Gasteiger partial charge >= 0.3 is 13.7 Å². The van der Waals surface area contributed by atoms with E-state index in [1.165, 1.54) is 19.2 Å². The first kappa shape index (κ1) is 20.4. The summed E-state index contributed by atoms with van der Waals surface area (Å²) in [5.41, 5.74) is -0.890. The molecule has 144 valence electrons. The van der Waals surface area contributed by atoms with E-state index >= 15 is 0 Å². The minimum absolute atomic E-state index is 0.0961. The van der Waals surface area contributed by atoms with E-state index in [4.69, 9.17) is 14.0 Å². The highest BCUT2D eigenvalue weighted by molar-refractivity contribution is 6.62. The molecule has 2 rings (SSSR count). The monoisotopic (exact) mass is 371 g/mol. The van der Waals surface area contributed by atoms with Gasteiger partial charge in [-0.25, -0.2) is 0 Å². The molecule has 0 atom stereocenters. The zero-order valence-corrected chi connectivity index (χ0v) is 15.8. The van der Waals surface area contributed by atoms with Gasteiger partial charge in [-0.3, -0.25) is 4.79 Å². The SMILES string of the molecule is CCNC(=O)c1c(OC)cc(B2OC(C)(C)C(C)(C)O2)cc1OC(F)F. The first-order valence-corrected chi connectivity index (χ1v) is 8.33. The highest BCUT2D eigenvalue weighted by Crippen LogP contribution is 2.37. The highest BCUT2D eigenvalue weighted by atomic mass is 19.3. The molecule has 1 fully saturated rings. The molecular weight excluding hydrogens is 347 g/mol.